The number of hydrogen-bond acceptors (Lipinski definition) is 6. The van der Waals surface area contributed by atoms with E-state index < -0.39 is 16.5 Å². The molecule has 1 heterocycles. The van der Waals surface area contributed by atoms with Crippen molar-refractivity contribution in [3.05, 3.63) is 91.3 Å². The van der Waals surface area contributed by atoms with Gasteiger partial charge in [0.05, 0.1) is 4.92 Å². The summed E-state index contributed by atoms with van der Waals surface area (Å²) in [6.45, 7) is 6.01. The van der Waals surface area contributed by atoms with Crippen molar-refractivity contribution in [3.63, 3.8) is 0 Å². The van der Waals surface area contributed by atoms with Crippen LogP contribution in [0.4, 0.5) is 5.69 Å². The van der Waals surface area contributed by atoms with Gasteiger partial charge in [-0.2, -0.15) is 0 Å². The van der Waals surface area contributed by atoms with Crippen LogP contribution in [0.3, 0.4) is 0 Å². The van der Waals surface area contributed by atoms with Gasteiger partial charge in [0, 0.05) is 35.2 Å². The molecule has 3 aromatic rings. The zero-order chi connectivity index (χ0) is 21.8. The summed E-state index contributed by atoms with van der Waals surface area (Å²) in [5.41, 5.74) is 3.07. The number of aryl methyl sites for hydroxylation is 1. The molecule has 0 atom stereocenters. The maximum absolute atomic E-state index is 12.1. The van der Waals surface area contributed by atoms with Crippen molar-refractivity contribution in [1.82, 2.24) is 0 Å². The fourth-order valence-electron chi connectivity index (χ4n) is 3.24. The minimum Gasteiger partial charge on any atom is -0.458 e. The molecule has 0 aliphatic rings. The van der Waals surface area contributed by atoms with E-state index in [0.717, 1.165) is 16.5 Å². The van der Waals surface area contributed by atoms with Crippen LogP contribution in [0.5, 0.6) is 0 Å². The van der Waals surface area contributed by atoms with Crippen molar-refractivity contribution >= 4 is 28.7 Å². The van der Waals surface area contributed by atoms with Crippen LogP contribution in [0.1, 0.15) is 42.0 Å². The maximum atomic E-state index is 12.1. The van der Waals surface area contributed by atoms with E-state index in [1.165, 1.54) is 36.4 Å². The van der Waals surface area contributed by atoms with E-state index in [9.17, 15) is 19.7 Å². The Morgan fingerprint density at radius 3 is 2.70 bits per heavy atom. The number of fused-ring (bicyclic) bond motifs is 1. The van der Waals surface area contributed by atoms with E-state index in [2.05, 4.69) is 13.8 Å². The molecule has 0 saturated carbocycles. The van der Waals surface area contributed by atoms with Crippen molar-refractivity contribution in [1.29, 1.82) is 0 Å². The standard InChI is InChI=1S/C23H21NO6/c1-14(2)19-12-20-17(11-23(26)30-21(20)9-15(19)3)13-29-22(25)8-7-16-5-4-6-18(10-16)24(27)28/h4-12,14H,13H2,1-3H3/b8-7+. The molecule has 0 bridgehead atoms. The highest BCUT2D eigenvalue weighted by molar-refractivity contribution is 5.87. The number of rotatable bonds is 6. The average molecular weight is 407 g/mol. The molecule has 7 heteroatoms. The molecule has 0 radical (unpaired) electrons. The number of esters is 1. The van der Waals surface area contributed by atoms with Gasteiger partial charge in [-0.1, -0.05) is 26.0 Å². The van der Waals surface area contributed by atoms with Crippen molar-refractivity contribution in [2.45, 2.75) is 33.3 Å². The lowest BCUT2D eigenvalue weighted by molar-refractivity contribution is -0.384. The highest BCUT2D eigenvalue weighted by atomic mass is 16.6. The van der Waals surface area contributed by atoms with Crippen molar-refractivity contribution in [2.75, 3.05) is 0 Å². The van der Waals surface area contributed by atoms with Gasteiger partial charge in [0.15, 0.2) is 0 Å². The van der Waals surface area contributed by atoms with Crippen molar-refractivity contribution in [3.8, 4) is 0 Å². The normalized spacial score (nSPS) is 11.3. The zero-order valence-corrected chi connectivity index (χ0v) is 16.9. The van der Waals surface area contributed by atoms with Gasteiger partial charge in [-0.05, 0) is 47.7 Å². The third kappa shape index (κ3) is 4.81. The lowest BCUT2D eigenvalue weighted by Crippen LogP contribution is -2.06. The second kappa shape index (κ2) is 8.73. The minimum absolute atomic E-state index is 0.0655. The number of hydrogen-bond donors (Lipinski definition) is 0. The van der Waals surface area contributed by atoms with Crippen LogP contribution < -0.4 is 5.63 Å². The molecule has 1 aromatic heterocycles. The summed E-state index contributed by atoms with van der Waals surface area (Å²) in [5.74, 6) is -0.339. The van der Waals surface area contributed by atoms with Gasteiger partial charge in [-0.25, -0.2) is 9.59 Å². The Morgan fingerprint density at radius 1 is 1.23 bits per heavy atom. The summed E-state index contributed by atoms with van der Waals surface area (Å²) < 4.78 is 10.6. The molecular weight excluding hydrogens is 386 g/mol. The number of carbonyl (C=O) groups is 1. The quantitative estimate of drug-likeness (QED) is 0.190. The number of benzene rings is 2. The van der Waals surface area contributed by atoms with Crippen molar-refractivity contribution in [2.24, 2.45) is 0 Å². The third-order valence-corrected chi connectivity index (χ3v) is 4.70. The van der Waals surface area contributed by atoms with E-state index in [4.69, 9.17) is 9.15 Å². The maximum Gasteiger partial charge on any atom is 0.336 e. The van der Waals surface area contributed by atoms with Crippen LogP contribution in [0.25, 0.3) is 17.0 Å². The third-order valence-electron chi connectivity index (χ3n) is 4.70. The first-order valence-electron chi connectivity index (χ1n) is 9.41. The number of ether oxygens (including phenoxy) is 1. The highest BCUT2D eigenvalue weighted by Gasteiger charge is 2.12. The molecule has 2 aromatic carbocycles. The number of nitro groups is 1. The second-order valence-corrected chi connectivity index (χ2v) is 7.24. The smallest absolute Gasteiger partial charge is 0.336 e. The number of nitro benzene ring substituents is 1. The lowest BCUT2D eigenvalue weighted by Gasteiger charge is -2.13. The molecule has 3 rings (SSSR count). The number of carbonyl (C=O) groups excluding carboxylic acids is 1. The van der Waals surface area contributed by atoms with Gasteiger partial charge in [-0.15, -0.1) is 0 Å². The summed E-state index contributed by atoms with van der Waals surface area (Å²) in [7, 11) is 0. The highest BCUT2D eigenvalue weighted by Crippen LogP contribution is 2.27. The van der Waals surface area contributed by atoms with Gasteiger partial charge in [0.25, 0.3) is 5.69 Å². The second-order valence-electron chi connectivity index (χ2n) is 7.24. The summed E-state index contributed by atoms with van der Waals surface area (Å²) in [4.78, 5) is 34.3. The molecular formula is C23H21NO6. The van der Waals surface area contributed by atoms with Gasteiger partial charge < -0.3 is 9.15 Å². The van der Waals surface area contributed by atoms with Crippen LogP contribution in [-0.4, -0.2) is 10.9 Å². The molecule has 154 valence electrons. The van der Waals surface area contributed by atoms with E-state index >= 15 is 0 Å². The average Bonchev–Trinajstić information content (AvgIpc) is 2.69. The van der Waals surface area contributed by atoms with E-state index in [-0.39, 0.29) is 18.2 Å². The SMILES string of the molecule is Cc1cc2oc(=O)cc(COC(=O)/C=C/c3cccc([N+](=O)[O-])c3)c2cc1C(C)C. The fraction of sp³-hybridized carbons (Fsp3) is 0.217. The van der Waals surface area contributed by atoms with Gasteiger partial charge in [0.2, 0.25) is 0 Å². The Bertz CT molecular complexity index is 1210. The minimum atomic E-state index is -0.626. The van der Waals surface area contributed by atoms with E-state index in [0.29, 0.717) is 16.7 Å². The van der Waals surface area contributed by atoms with Crippen molar-refractivity contribution < 1.29 is 18.9 Å². The molecule has 7 nitrogen and oxygen atoms in total. The number of non-ortho nitro benzene ring substituents is 1. The Balaban J connectivity index is 1.80. The van der Waals surface area contributed by atoms with Gasteiger partial charge >= 0.3 is 11.6 Å². The molecule has 0 aliphatic heterocycles. The summed E-state index contributed by atoms with van der Waals surface area (Å²) in [6, 6.07) is 11.0. The molecule has 0 N–H and O–H groups in total. The van der Waals surface area contributed by atoms with Crippen LogP contribution >= 0.6 is 0 Å². The predicted molar refractivity (Wildman–Crippen MR) is 113 cm³/mol. The molecule has 0 amide bonds. The molecule has 0 unspecified atom stereocenters. The van der Waals surface area contributed by atoms with Gasteiger partial charge in [0.1, 0.15) is 12.2 Å². The first-order valence-corrected chi connectivity index (χ1v) is 9.41. The zero-order valence-electron chi connectivity index (χ0n) is 16.9. The lowest BCUT2D eigenvalue weighted by atomic mass is 9.95. The monoisotopic (exact) mass is 407 g/mol. The first-order chi connectivity index (χ1) is 14.2. The molecule has 0 saturated heterocycles. The van der Waals surface area contributed by atoms with Crippen LogP contribution in [-0.2, 0) is 16.1 Å². The Hall–Kier alpha value is -3.74. The molecule has 0 fully saturated rings. The molecule has 0 spiro atoms. The largest absolute Gasteiger partial charge is 0.458 e. The summed E-state index contributed by atoms with van der Waals surface area (Å²) in [6.07, 6.45) is 2.63. The Labute approximate surface area is 172 Å². The van der Waals surface area contributed by atoms with Crippen LogP contribution in [0.15, 0.2) is 57.8 Å². The topological polar surface area (TPSA) is 99.7 Å². The van der Waals surface area contributed by atoms with Crippen LogP contribution in [0.2, 0.25) is 0 Å². The van der Waals surface area contributed by atoms with Gasteiger partial charge in [-0.3, -0.25) is 10.1 Å². The van der Waals surface area contributed by atoms with E-state index in [1.54, 1.807) is 6.07 Å². The predicted octanol–water partition coefficient (Wildman–Crippen LogP) is 4.89. The fourth-order valence-corrected chi connectivity index (χ4v) is 3.24. The Kier molecular flexibility index (Phi) is 6.11. The first kappa shape index (κ1) is 21.0. The summed E-state index contributed by atoms with van der Waals surface area (Å²) >= 11 is 0. The van der Waals surface area contributed by atoms with Crippen LogP contribution in [0, 0.1) is 17.0 Å². The molecule has 0 aliphatic carbocycles. The number of nitrogens with zero attached hydrogens (tertiary/aromatic N) is 1. The molecule has 30 heavy (non-hydrogen) atoms. The Morgan fingerprint density at radius 2 is 2.00 bits per heavy atom. The van der Waals surface area contributed by atoms with E-state index in [1.807, 2.05) is 19.1 Å². The summed E-state index contributed by atoms with van der Waals surface area (Å²) in [5, 5.41) is 11.6.